The summed E-state index contributed by atoms with van der Waals surface area (Å²) in [5.41, 5.74) is 2.52. The highest BCUT2D eigenvalue weighted by Crippen LogP contribution is 2.08. The summed E-state index contributed by atoms with van der Waals surface area (Å²) in [6.07, 6.45) is 3.13. The Bertz CT molecular complexity index is 549. The van der Waals surface area contributed by atoms with Crippen molar-refractivity contribution in [3.8, 4) is 0 Å². The van der Waals surface area contributed by atoms with E-state index in [9.17, 15) is 0 Å². The fraction of sp³-hybridized carbons (Fsp3) is 0.455. The van der Waals surface area contributed by atoms with Gasteiger partial charge >= 0.3 is 0 Å². The molecule has 2 aliphatic rings. The molecule has 2 N–H and O–H groups in total. The van der Waals surface area contributed by atoms with Crippen molar-refractivity contribution in [1.29, 1.82) is 0 Å². The van der Waals surface area contributed by atoms with Gasteiger partial charge in [-0.1, -0.05) is 60.7 Å². The van der Waals surface area contributed by atoms with Crippen molar-refractivity contribution in [2.45, 2.75) is 38.3 Å². The summed E-state index contributed by atoms with van der Waals surface area (Å²) in [6, 6.07) is 20.6. The van der Waals surface area contributed by atoms with Gasteiger partial charge in [0.2, 0.25) is 0 Å². The zero-order chi connectivity index (χ0) is 17.9. The van der Waals surface area contributed by atoms with Crippen LogP contribution in [0.2, 0.25) is 0 Å². The van der Waals surface area contributed by atoms with E-state index in [2.05, 4.69) is 34.9 Å². The molecule has 6 heteroatoms. The number of hydrogen-bond donors (Lipinski definition) is 2. The van der Waals surface area contributed by atoms with Gasteiger partial charge in [-0.2, -0.15) is 0 Å². The third-order valence-corrected chi connectivity index (χ3v) is 4.69. The molecule has 0 aliphatic carbocycles. The molecule has 0 bridgehead atoms. The van der Waals surface area contributed by atoms with Gasteiger partial charge < -0.3 is 20.1 Å². The van der Waals surface area contributed by atoms with Crippen LogP contribution in [0.15, 0.2) is 60.7 Å². The topological polar surface area (TPSA) is 42.5 Å². The molecule has 156 valence electrons. The lowest BCUT2D eigenvalue weighted by molar-refractivity contribution is 0.0541. The summed E-state index contributed by atoms with van der Waals surface area (Å²) in [5, 5.41) is 6.57. The molecule has 28 heavy (non-hydrogen) atoms. The van der Waals surface area contributed by atoms with E-state index in [1.165, 1.54) is 11.1 Å². The van der Waals surface area contributed by atoms with Gasteiger partial charge in [-0.05, 0) is 37.1 Å². The summed E-state index contributed by atoms with van der Waals surface area (Å²) in [5.74, 6) is 0. The molecule has 0 unspecified atom stereocenters. The van der Waals surface area contributed by atoms with Crippen molar-refractivity contribution in [3.05, 3.63) is 71.8 Å². The molecule has 2 aliphatic heterocycles. The quantitative estimate of drug-likeness (QED) is 0.732. The first-order valence-corrected chi connectivity index (χ1v) is 9.62. The van der Waals surface area contributed by atoms with Gasteiger partial charge in [-0.25, -0.2) is 0 Å². The van der Waals surface area contributed by atoms with Crippen molar-refractivity contribution >= 4 is 24.8 Å². The molecule has 2 aromatic rings. The Hall–Kier alpha value is -1.14. The first-order chi connectivity index (χ1) is 12.9. The van der Waals surface area contributed by atoms with E-state index in [4.69, 9.17) is 9.47 Å². The summed E-state index contributed by atoms with van der Waals surface area (Å²) in [4.78, 5) is 0. The standard InChI is InChI=1S/2C11H15NO.2ClH/c2*1-2-4-10(5-3-1)9-13-11-6-7-12-8-11;;/h2*1-5,11-12H,6-9H2;2*1H/t2*11-;;/m11../s1. The van der Waals surface area contributed by atoms with Crippen LogP contribution < -0.4 is 10.6 Å². The maximum Gasteiger partial charge on any atom is 0.0721 e. The number of benzene rings is 2. The zero-order valence-corrected chi connectivity index (χ0v) is 17.9. The monoisotopic (exact) mass is 426 g/mol. The van der Waals surface area contributed by atoms with Gasteiger partial charge in [0.25, 0.3) is 0 Å². The first-order valence-electron chi connectivity index (χ1n) is 9.62. The van der Waals surface area contributed by atoms with Crippen molar-refractivity contribution in [1.82, 2.24) is 10.6 Å². The SMILES string of the molecule is Cl.Cl.c1ccc(CO[C@@H]2CCNC2)cc1.c1ccc(CO[C@@H]2CCNC2)cc1. The molecule has 2 aromatic carbocycles. The van der Waals surface area contributed by atoms with E-state index in [1.54, 1.807) is 0 Å². The molecule has 0 spiro atoms. The molecule has 0 aromatic heterocycles. The Kier molecular flexibility index (Phi) is 13.2. The lowest BCUT2D eigenvalue weighted by Gasteiger charge is -2.09. The van der Waals surface area contributed by atoms with Gasteiger partial charge in [0.1, 0.15) is 0 Å². The lowest BCUT2D eigenvalue weighted by Crippen LogP contribution is -2.16. The molecule has 4 nitrogen and oxygen atoms in total. The number of rotatable bonds is 6. The molecule has 0 amide bonds. The molecular formula is C22H32Cl2N2O2. The van der Waals surface area contributed by atoms with Gasteiger partial charge in [0.05, 0.1) is 25.4 Å². The predicted molar refractivity (Wildman–Crippen MR) is 120 cm³/mol. The van der Waals surface area contributed by atoms with Crippen LogP contribution in [0, 0.1) is 0 Å². The van der Waals surface area contributed by atoms with Crippen molar-refractivity contribution in [2.75, 3.05) is 26.2 Å². The van der Waals surface area contributed by atoms with E-state index in [0.717, 1.165) is 52.2 Å². The van der Waals surface area contributed by atoms with Crippen LogP contribution >= 0.6 is 24.8 Å². The van der Waals surface area contributed by atoms with Gasteiger partial charge in [0, 0.05) is 13.1 Å². The minimum atomic E-state index is 0. The van der Waals surface area contributed by atoms with Crippen LogP contribution in [0.5, 0.6) is 0 Å². The second-order valence-corrected chi connectivity index (χ2v) is 6.82. The fourth-order valence-electron chi connectivity index (χ4n) is 3.12. The zero-order valence-electron chi connectivity index (χ0n) is 16.2. The Labute approximate surface area is 181 Å². The fourth-order valence-corrected chi connectivity index (χ4v) is 3.12. The molecule has 2 heterocycles. The smallest absolute Gasteiger partial charge is 0.0721 e. The third kappa shape index (κ3) is 9.37. The van der Waals surface area contributed by atoms with Gasteiger partial charge in [-0.3, -0.25) is 0 Å². The van der Waals surface area contributed by atoms with Crippen molar-refractivity contribution in [2.24, 2.45) is 0 Å². The average molecular weight is 427 g/mol. The minimum Gasteiger partial charge on any atom is -0.372 e. The Morgan fingerprint density at radius 1 is 0.643 bits per heavy atom. The van der Waals surface area contributed by atoms with Gasteiger partial charge in [0.15, 0.2) is 0 Å². The highest BCUT2D eigenvalue weighted by atomic mass is 35.5. The summed E-state index contributed by atoms with van der Waals surface area (Å²) >= 11 is 0. The highest BCUT2D eigenvalue weighted by Gasteiger charge is 2.14. The van der Waals surface area contributed by atoms with E-state index in [1.807, 2.05) is 36.4 Å². The number of halogens is 2. The maximum absolute atomic E-state index is 5.73. The van der Waals surface area contributed by atoms with Crippen molar-refractivity contribution in [3.63, 3.8) is 0 Å². The van der Waals surface area contributed by atoms with Crippen LogP contribution in [0.25, 0.3) is 0 Å². The number of ether oxygens (including phenoxy) is 2. The number of hydrogen-bond acceptors (Lipinski definition) is 4. The third-order valence-electron chi connectivity index (χ3n) is 4.69. The normalized spacial score (nSPS) is 20.4. The van der Waals surface area contributed by atoms with E-state index >= 15 is 0 Å². The second kappa shape index (κ2) is 14.8. The Morgan fingerprint density at radius 3 is 1.36 bits per heavy atom. The minimum absolute atomic E-state index is 0. The molecule has 2 atom stereocenters. The van der Waals surface area contributed by atoms with E-state index in [-0.39, 0.29) is 24.8 Å². The van der Waals surface area contributed by atoms with E-state index in [0.29, 0.717) is 12.2 Å². The van der Waals surface area contributed by atoms with Crippen LogP contribution in [0.3, 0.4) is 0 Å². The van der Waals surface area contributed by atoms with Crippen LogP contribution in [0.4, 0.5) is 0 Å². The molecule has 2 fully saturated rings. The molecule has 2 saturated heterocycles. The summed E-state index contributed by atoms with van der Waals surface area (Å²) in [7, 11) is 0. The highest BCUT2D eigenvalue weighted by molar-refractivity contribution is 5.85. The van der Waals surface area contributed by atoms with Crippen LogP contribution in [-0.2, 0) is 22.7 Å². The van der Waals surface area contributed by atoms with Crippen LogP contribution in [-0.4, -0.2) is 38.4 Å². The molecule has 4 rings (SSSR count). The van der Waals surface area contributed by atoms with Gasteiger partial charge in [-0.15, -0.1) is 24.8 Å². The second-order valence-electron chi connectivity index (χ2n) is 6.82. The predicted octanol–water partition coefficient (Wildman–Crippen LogP) is 3.97. The lowest BCUT2D eigenvalue weighted by atomic mass is 10.2. The average Bonchev–Trinajstić information content (AvgIpc) is 3.41. The number of nitrogens with one attached hydrogen (secondary N) is 2. The van der Waals surface area contributed by atoms with Crippen LogP contribution in [0.1, 0.15) is 24.0 Å². The largest absolute Gasteiger partial charge is 0.372 e. The molecule has 0 saturated carbocycles. The maximum atomic E-state index is 5.73. The van der Waals surface area contributed by atoms with E-state index < -0.39 is 0 Å². The van der Waals surface area contributed by atoms with Crippen molar-refractivity contribution < 1.29 is 9.47 Å². The Balaban J connectivity index is 0.000000261. The molecule has 0 radical (unpaired) electrons. The molecular weight excluding hydrogens is 395 g/mol. The Morgan fingerprint density at radius 2 is 1.04 bits per heavy atom. The summed E-state index contributed by atoms with van der Waals surface area (Å²) < 4.78 is 11.5. The first kappa shape index (κ1) is 24.9. The summed E-state index contributed by atoms with van der Waals surface area (Å²) in [6.45, 7) is 5.69.